The standard InChI is InChI=1S/C16H20S6/c1-2-3-9-19-14-15(22-16(17)21-14)20-11-10-18-12-13-7-5-4-6-8-13/h4-8H,2-3,9-12H2,1H3. The first-order valence-corrected chi connectivity index (χ1v) is 12.5. The maximum Gasteiger partial charge on any atom is 0.145 e. The number of hydrogen-bond donors (Lipinski definition) is 0. The van der Waals surface area contributed by atoms with E-state index in [2.05, 4.69) is 37.3 Å². The van der Waals surface area contributed by atoms with E-state index < -0.39 is 0 Å². The van der Waals surface area contributed by atoms with E-state index in [1.165, 1.54) is 44.1 Å². The van der Waals surface area contributed by atoms with Crippen molar-refractivity contribution in [2.75, 3.05) is 17.3 Å². The molecule has 2 rings (SSSR count). The Morgan fingerprint density at radius 2 is 1.64 bits per heavy atom. The van der Waals surface area contributed by atoms with Gasteiger partial charge in [-0.25, -0.2) is 0 Å². The molecule has 0 radical (unpaired) electrons. The molecule has 0 spiro atoms. The van der Waals surface area contributed by atoms with Crippen LogP contribution in [0.3, 0.4) is 0 Å². The molecule has 2 aromatic rings. The molecule has 0 unspecified atom stereocenters. The van der Waals surface area contributed by atoms with Crippen LogP contribution in [0.25, 0.3) is 0 Å². The zero-order chi connectivity index (χ0) is 15.6. The molecule has 1 heterocycles. The Morgan fingerprint density at radius 3 is 2.32 bits per heavy atom. The summed E-state index contributed by atoms with van der Waals surface area (Å²) in [5.74, 6) is 4.68. The van der Waals surface area contributed by atoms with Crippen LogP contribution in [0.15, 0.2) is 38.8 Å². The van der Waals surface area contributed by atoms with Crippen molar-refractivity contribution < 1.29 is 0 Å². The lowest BCUT2D eigenvalue weighted by Gasteiger charge is -2.03. The van der Waals surface area contributed by atoms with Crippen LogP contribution in [0.2, 0.25) is 0 Å². The quantitative estimate of drug-likeness (QED) is 0.229. The Labute approximate surface area is 159 Å². The maximum atomic E-state index is 5.37. The number of thioether (sulfide) groups is 3. The fourth-order valence-corrected chi connectivity index (χ4v) is 9.06. The first-order valence-electron chi connectivity index (χ1n) is 7.30. The Balaban J connectivity index is 1.71. The lowest BCUT2D eigenvalue weighted by atomic mass is 10.2. The molecule has 0 aliphatic heterocycles. The van der Waals surface area contributed by atoms with Crippen LogP contribution < -0.4 is 0 Å². The minimum absolute atomic E-state index is 1.07. The fourth-order valence-electron chi connectivity index (χ4n) is 1.70. The number of rotatable bonds is 10. The Kier molecular flexibility index (Phi) is 9.57. The van der Waals surface area contributed by atoms with Gasteiger partial charge in [0.2, 0.25) is 0 Å². The van der Waals surface area contributed by atoms with Gasteiger partial charge in [0, 0.05) is 17.3 Å². The van der Waals surface area contributed by atoms with Crippen molar-refractivity contribution in [3.63, 3.8) is 0 Å². The van der Waals surface area contributed by atoms with Crippen LogP contribution in [0.5, 0.6) is 0 Å². The van der Waals surface area contributed by atoms with Crippen LogP contribution in [0.4, 0.5) is 0 Å². The molecule has 120 valence electrons. The van der Waals surface area contributed by atoms with Crippen LogP contribution in [-0.4, -0.2) is 17.3 Å². The Bertz CT molecular complexity index is 586. The lowest BCUT2D eigenvalue weighted by molar-refractivity contribution is 0.896. The molecule has 0 aliphatic carbocycles. The number of benzene rings is 1. The molecule has 0 nitrogen and oxygen atoms in total. The van der Waals surface area contributed by atoms with Gasteiger partial charge in [0.15, 0.2) is 0 Å². The zero-order valence-electron chi connectivity index (χ0n) is 12.6. The summed E-state index contributed by atoms with van der Waals surface area (Å²) in [6.45, 7) is 2.25. The summed E-state index contributed by atoms with van der Waals surface area (Å²) in [7, 11) is 0. The van der Waals surface area contributed by atoms with Crippen LogP contribution in [-0.2, 0) is 5.75 Å². The van der Waals surface area contributed by atoms with Crippen molar-refractivity contribution in [1.29, 1.82) is 0 Å². The van der Waals surface area contributed by atoms with Gasteiger partial charge in [-0.05, 0) is 17.7 Å². The second-order valence-electron chi connectivity index (χ2n) is 4.62. The van der Waals surface area contributed by atoms with Crippen molar-refractivity contribution in [2.24, 2.45) is 0 Å². The molecule has 1 aromatic carbocycles. The van der Waals surface area contributed by atoms with Crippen molar-refractivity contribution in [2.45, 2.75) is 33.9 Å². The van der Waals surface area contributed by atoms with Gasteiger partial charge in [0.25, 0.3) is 0 Å². The summed E-state index contributed by atoms with van der Waals surface area (Å²) in [6, 6.07) is 10.7. The molecule has 0 saturated heterocycles. The fraction of sp³-hybridized carbons (Fsp3) is 0.438. The van der Waals surface area contributed by atoms with Gasteiger partial charge in [0.05, 0.1) is 8.42 Å². The third kappa shape index (κ3) is 6.97. The van der Waals surface area contributed by atoms with Crippen molar-refractivity contribution >= 4 is 70.2 Å². The van der Waals surface area contributed by atoms with E-state index in [0.29, 0.717) is 0 Å². The van der Waals surface area contributed by atoms with E-state index >= 15 is 0 Å². The largest absolute Gasteiger partial charge is 0.156 e. The summed E-state index contributed by atoms with van der Waals surface area (Å²) >= 11 is 14.9. The van der Waals surface area contributed by atoms with Crippen molar-refractivity contribution in [3.8, 4) is 0 Å². The maximum absolute atomic E-state index is 5.37. The molecule has 0 saturated carbocycles. The molecule has 6 heteroatoms. The summed E-state index contributed by atoms with van der Waals surface area (Å²) in [5, 5.41) is 0. The van der Waals surface area contributed by atoms with Crippen molar-refractivity contribution in [1.82, 2.24) is 0 Å². The predicted octanol–water partition coefficient (Wildman–Crippen LogP) is 7.46. The summed E-state index contributed by atoms with van der Waals surface area (Å²) in [5.41, 5.74) is 1.42. The second kappa shape index (κ2) is 11.2. The third-order valence-corrected chi connectivity index (χ3v) is 9.78. The summed E-state index contributed by atoms with van der Waals surface area (Å²) < 4.78 is 3.95. The van der Waals surface area contributed by atoms with Gasteiger partial charge in [0.1, 0.15) is 3.14 Å². The summed E-state index contributed by atoms with van der Waals surface area (Å²) in [6.07, 6.45) is 2.55. The topological polar surface area (TPSA) is 0 Å². The SMILES string of the molecule is CCCCSc1sc(=S)sc1SCCSCc1ccccc1. The Morgan fingerprint density at radius 1 is 0.955 bits per heavy atom. The Hall–Kier alpha value is 0.540. The molecule has 0 bridgehead atoms. The normalized spacial score (nSPS) is 11.0. The highest BCUT2D eigenvalue weighted by atomic mass is 32.2. The molecular formula is C16H20S6. The lowest BCUT2D eigenvalue weighted by Crippen LogP contribution is -1.86. The first-order chi connectivity index (χ1) is 10.8. The monoisotopic (exact) mass is 404 g/mol. The van der Waals surface area contributed by atoms with E-state index in [-0.39, 0.29) is 0 Å². The molecule has 0 amide bonds. The van der Waals surface area contributed by atoms with Gasteiger partial charge in [-0.1, -0.05) is 55.9 Å². The molecule has 0 N–H and O–H groups in total. The van der Waals surface area contributed by atoms with Crippen LogP contribution in [0, 0.1) is 3.14 Å². The zero-order valence-corrected chi connectivity index (χ0v) is 17.5. The molecule has 0 aliphatic rings. The summed E-state index contributed by atoms with van der Waals surface area (Å²) in [4.78, 5) is 0. The first kappa shape index (κ1) is 18.9. The number of unbranched alkanes of at least 4 members (excludes halogenated alkanes) is 1. The van der Waals surface area contributed by atoms with Crippen molar-refractivity contribution in [3.05, 3.63) is 39.0 Å². The highest BCUT2D eigenvalue weighted by molar-refractivity contribution is 8.06. The van der Waals surface area contributed by atoms with E-state index in [9.17, 15) is 0 Å². The molecular weight excluding hydrogens is 385 g/mol. The smallest absolute Gasteiger partial charge is 0.145 e. The van der Waals surface area contributed by atoms with E-state index in [1.54, 1.807) is 22.7 Å². The van der Waals surface area contributed by atoms with Gasteiger partial charge in [-0.2, -0.15) is 11.8 Å². The average molecular weight is 405 g/mol. The molecule has 0 fully saturated rings. The van der Waals surface area contributed by atoms with E-state index in [0.717, 1.165) is 8.89 Å². The minimum Gasteiger partial charge on any atom is -0.156 e. The third-order valence-electron chi connectivity index (χ3n) is 2.82. The predicted molar refractivity (Wildman–Crippen MR) is 112 cm³/mol. The highest BCUT2D eigenvalue weighted by Crippen LogP contribution is 2.41. The van der Waals surface area contributed by atoms with Gasteiger partial charge in [-0.3, -0.25) is 0 Å². The average Bonchev–Trinajstić information content (AvgIpc) is 2.88. The van der Waals surface area contributed by atoms with Crippen LogP contribution in [0.1, 0.15) is 25.3 Å². The second-order valence-corrected chi connectivity index (χ2v) is 11.7. The minimum atomic E-state index is 1.07. The molecule has 1 aromatic heterocycles. The van der Waals surface area contributed by atoms with Gasteiger partial charge < -0.3 is 0 Å². The highest BCUT2D eigenvalue weighted by Gasteiger charge is 2.08. The van der Waals surface area contributed by atoms with E-state index in [1.807, 2.05) is 35.3 Å². The van der Waals surface area contributed by atoms with E-state index in [4.69, 9.17) is 12.2 Å². The molecule has 0 atom stereocenters. The van der Waals surface area contributed by atoms with Gasteiger partial charge >= 0.3 is 0 Å². The number of hydrogen-bond acceptors (Lipinski definition) is 6. The van der Waals surface area contributed by atoms with Crippen LogP contribution >= 0.6 is 70.2 Å². The molecule has 22 heavy (non-hydrogen) atoms. The van der Waals surface area contributed by atoms with Gasteiger partial charge in [-0.15, -0.1) is 46.2 Å².